The third kappa shape index (κ3) is 2.24. The molecule has 4 rings (SSSR count). The van der Waals surface area contributed by atoms with Crippen LogP contribution in [-0.2, 0) is 4.79 Å². The first kappa shape index (κ1) is 13.0. The molecule has 112 valence electrons. The average molecular weight is 298 g/mol. The molecule has 0 fully saturated rings. The molecule has 0 amide bonds. The summed E-state index contributed by atoms with van der Waals surface area (Å²) in [7, 11) is 0. The van der Waals surface area contributed by atoms with Crippen LogP contribution >= 0.6 is 0 Å². The van der Waals surface area contributed by atoms with Crippen molar-refractivity contribution in [1.82, 2.24) is 0 Å². The van der Waals surface area contributed by atoms with Crippen molar-refractivity contribution >= 4 is 5.78 Å². The molecule has 2 aliphatic rings. The molecule has 0 radical (unpaired) electrons. The smallest absolute Gasteiger partial charge is 0.220 e. The Morgan fingerprint density at radius 3 is 1.59 bits per heavy atom. The number of hydrogen-bond donors (Lipinski definition) is 0. The van der Waals surface area contributed by atoms with Crippen molar-refractivity contribution in [3.63, 3.8) is 0 Å². The number of hydrogen-bond acceptors (Lipinski definition) is 5. The van der Waals surface area contributed by atoms with Gasteiger partial charge in [-0.05, 0) is 24.3 Å². The molecule has 2 aliphatic heterocycles. The van der Waals surface area contributed by atoms with Crippen molar-refractivity contribution in [2.24, 2.45) is 0 Å². The van der Waals surface area contributed by atoms with Crippen LogP contribution in [0.15, 0.2) is 48.5 Å². The minimum absolute atomic E-state index is 0.177. The summed E-state index contributed by atoms with van der Waals surface area (Å²) in [6.45, 7) is 0.356. The Morgan fingerprint density at radius 2 is 1.14 bits per heavy atom. The van der Waals surface area contributed by atoms with Gasteiger partial charge in [0.1, 0.15) is 13.2 Å². The lowest BCUT2D eigenvalue weighted by Crippen LogP contribution is -2.48. The predicted molar refractivity (Wildman–Crippen MR) is 77.7 cm³/mol. The molecule has 0 aromatic heterocycles. The van der Waals surface area contributed by atoms with Gasteiger partial charge in [0.15, 0.2) is 35.2 Å². The summed E-state index contributed by atoms with van der Waals surface area (Å²) < 4.78 is 22.6. The Morgan fingerprint density at radius 1 is 0.727 bits per heavy atom. The summed E-state index contributed by atoms with van der Waals surface area (Å²) in [5.41, 5.74) is 0. The second kappa shape index (κ2) is 5.26. The minimum atomic E-state index is -0.686. The van der Waals surface area contributed by atoms with Crippen molar-refractivity contribution in [3.8, 4) is 23.0 Å². The number of para-hydroxylation sites is 4. The number of fused-ring (bicyclic) bond motifs is 2. The van der Waals surface area contributed by atoms with Gasteiger partial charge in [-0.25, -0.2) is 0 Å². The molecule has 0 saturated carbocycles. The average Bonchev–Trinajstić information content (AvgIpc) is 2.60. The summed E-state index contributed by atoms with van der Waals surface area (Å²) in [4.78, 5) is 12.6. The Hall–Kier alpha value is -2.69. The molecule has 0 saturated heterocycles. The van der Waals surface area contributed by atoms with E-state index in [4.69, 9.17) is 18.9 Å². The van der Waals surface area contributed by atoms with Gasteiger partial charge in [0.05, 0.1) is 0 Å². The number of ether oxygens (including phenoxy) is 4. The Labute approximate surface area is 127 Å². The van der Waals surface area contributed by atoms with Gasteiger partial charge in [0.2, 0.25) is 5.78 Å². The van der Waals surface area contributed by atoms with Gasteiger partial charge in [-0.3, -0.25) is 4.79 Å². The first-order valence-electron chi connectivity index (χ1n) is 7.12. The molecular weight excluding hydrogens is 284 g/mol. The lowest BCUT2D eigenvalue weighted by atomic mass is 10.1. The standard InChI is InChI=1S/C17H14O5/c18-17(15-9-19-11-5-1-3-7-13(11)21-15)16-10-20-12-6-2-4-8-14(12)22-16/h1-8,15-16H,9-10H2. The van der Waals surface area contributed by atoms with Crippen LogP contribution in [0.5, 0.6) is 23.0 Å². The fourth-order valence-corrected chi connectivity index (χ4v) is 2.53. The lowest BCUT2D eigenvalue weighted by molar-refractivity contribution is -0.137. The van der Waals surface area contributed by atoms with Gasteiger partial charge in [-0.1, -0.05) is 24.3 Å². The number of ketones is 1. The third-order valence-corrected chi connectivity index (χ3v) is 3.65. The molecule has 2 heterocycles. The van der Waals surface area contributed by atoms with Gasteiger partial charge in [-0.2, -0.15) is 0 Å². The summed E-state index contributed by atoms with van der Waals surface area (Å²) in [5, 5.41) is 0. The highest BCUT2D eigenvalue weighted by Crippen LogP contribution is 2.34. The van der Waals surface area contributed by atoms with Crippen molar-refractivity contribution in [1.29, 1.82) is 0 Å². The second-order valence-electron chi connectivity index (χ2n) is 5.13. The monoisotopic (exact) mass is 298 g/mol. The molecule has 0 spiro atoms. The topological polar surface area (TPSA) is 54.0 Å². The SMILES string of the molecule is O=C(C1COc2ccccc2O1)C1COc2ccccc2O1. The largest absolute Gasteiger partial charge is 0.485 e. The molecular formula is C17H14O5. The summed E-state index contributed by atoms with van der Waals surface area (Å²) >= 11 is 0. The zero-order valence-electron chi connectivity index (χ0n) is 11.7. The Bertz CT molecular complexity index is 652. The molecule has 2 aromatic rings. The molecule has 0 aliphatic carbocycles. The fraction of sp³-hybridized carbons (Fsp3) is 0.235. The quantitative estimate of drug-likeness (QED) is 0.851. The molecule has 2 aromatic carbocycles. The molecule has 2 atom stereocenters. The summed E-state index contributed by atoms with van der Waals surface area (Å²) in [6.07, 6.45) is -1.37. The van der Waals surface area contributed by atoms with E-state index in [-0.39, 0.29) is 19.0 Å². The van der Waals surface area contributed by atoms with Gasteiger partial charge < -0.3 is 18.9 Å². The minimum Gasteiger partial charge on any atom is -0.485 e. The van der Waals surface area contributed by atoms with E-state index in [0.29, 0.717) is 23.0 Å². The van der Waals surface area contributed by atoms with E-state index in [2.05, 4.69) is 0 Å². The van der Waals surface area contributed by atoms with Gasteiger partial charge >= 0.3 is 0 Å². The maximum Gasteiger partial charge on any atom is 0.220 e. The van der Waals surface area contributed by atoms with Crippen LogP contribution in [0.2, 0.25) is 0 Å². The highest BCUT2D eigenvalue weighted by Gasteiger charge is 2.36. The van der Waals surface area contributed by atoms with E-state index in [0.717, 1.165) is 0 Å². The van der Waals surface area contributed by atoms with Crippen LogP contribution in [0, 0.1) is 0 Å². The molecule has 0 N–H and O–H groups in total. The maximum atomic E-state index is 12.6. The molecule has 5 nitrogen and oxygen atoms in total. The number of carbonyl (C=O) groups is 1. The summed E-state index contributed by atoms with van der Waals surface area (Å²) in [6, 6.07) is 14.6. The highest BCUT2D eigenvalue weighted by molar-refractivity contribution is 5.89. The first-order valence-corrected chi connectivity index (χ1v) is 7.12. The van der Waals surface area contributed by atoms with Gasteiger partial charge in [0, 0.05) is 0 Å². The second-order valence-corrected chi connectivity index (χ2v) is 5.13. The Balaban J connectivity index is 1.50. The molecule has 22 heavy (non-hydrogen) atoms. The van der Waals surface area contributed by atoms with Crippen molar-refractivity contribution in [2.45, 2.75) is 12.2 Å². The molecule has 5 heteroatoms. The number of rotatable bonds is 2. The van der Waals surface area contributed by atoms with Crippen LogP contribution in [0.1, 0.15) is 0 Å². The summed E-state index contributed by atoms with van der Waals surface area (Å²) in [5.74, 6) is 2.27. The van der Waals surface area contributed by atoms with E-state index in [1.54, 1.807) is 12.1 Å². The van der Waals surface area contributed by atoms with Crippen LogP contribution in [0.4, 0.5) is 0 Å². The van der Waals surface area contributed by atoms with Crippen molar-refractivity contribution < 1.29 is 23.7 Å². The Kier molecular flexibility index (Phi) is 3.11. The van der Waals surface area contributed by atoms with E-state index >= 15 is 0 Å². The fourth-order valence-electron chi connectivity index (χ4n) is 2.53. The molecule has 2 unspecified atom stereocenters. The lowest BCUT2D eigenvalue weighted by Gasteiger charge is -2.30. The number of Topliss-reactive ketones (excluding diaryl/α,β-unsaturated/α-hetero) is 1. The van der Waals surface area contributed by atoms with Crippen molar-refractivity contribution in [3.05, 3.63) is 48.5 Å². The number of benzene rings is 2. The third-order valence-electron chi connectivity index (χ3n) is 3.65. The number of carbonyl (C=O) groups excluding carboxylic acids is 1. The van der Waals surface area contributed by atoms with Crippen LogP contribution in [0.3, 0.4) is 0 Å². The van der Waals surface area contributed by atoms with Crippen LogP contribution in [0.25, 0.3) is 0 Å². The molecule has 0 bridgehead atoms. The van der Waals surface area contributed by atoms with E-state index in [9.17, 15) is 4.79 Å². The maximum absolute atomic E-state index is 12.6. The van der Waals surface area contributed by atoms with Crippen molar-refractivity contribution in [2.75, 3.05) is 13.2 Å². The van der Waals surface area contributed by atoms with E-state index < -0.39 is 12.2 Å². The zero-order valence-corrected chi connectivity index (χ0v) is 11.7. The highest BCUT2D eigenvalue weighted by atomic mass is 16.6. The van der Waals surface area contributed by atoms with Crippen LogP contribution < -0.4 is 18.9 Å². The van der Waals surface area contributed by atoms with Gasteiger partial charge in [-0.15, -0.1) is 0 Å². The normalized spacial score (nSPS) is 22.0. The first-order chi connectivity index (χ1) is 10.8. The van der Waals surface area contributed by atoms with Crippen LogP contribution in [-0.4, -0.2) is 31.2 Å². The van der Waals surface area contributed by atoms with E-state index in [1.165, 1.54) is 0 Å². The predicted octanol–water partition coefficient (Wildman–Crippen LogP) is 2.24. The van der Waals surface area contributed by atoms with E-state index in [1.807, 2.05) is 36.4 Å². The zero-order chi connectivity index (χ0) is 14.9. The van der Waals surface area contributed by atoms with Gasteiger partial charge in [0.25, 0.3) is 0 Å².